The highest BCUT2D eigenvalue weighted by molar-refractivity contribution is 5.75. The van der Waals surface area contributed by atoms with Crippen molar-refractivity contribution in [3.8, 4) is 17.2 Å². The van der Waals surface area contributed by atoms with Crippen molar-refractivity contribution in [3.05, 3.63) is 21.7 Å². The third-order valence-electron chi connectivity index (χ3n) is 2.40. The molecule has 0 unspecified atom stereocenters. The fourth-order valence-electron chi connectivity index (χ4n) is 1.70. The second-order valence-electron chi connectivity index (χ2n) is 3.48. The lowest BCUT2D eigenvalue weighted by Crippen LogP contribution is -2.06. The van der Waals surface area contributed by atoms with Crippen LogP contribution in [0, 0.1) is 10.1 Å². The van der Waals surface area contributed by atoms with Gasteiger partial charge in [0.25, 0.3) is 0 Å². The quantitative estimate of drug-likeness (QED) is 0.612. The van der Waals surface area contributed by atoms with Crippen LogP contribution in [-0.2, 0) is 11.2 Å². The SMILES string of the molecule is COc1c(CC(=O)O)cc([N+](=O)[O-])c(OC)c1OC. The molecule has 1 N–H and O–H groups in total. The van der Waals surface area contributed by atoms with Crippen LogP contribution in [0.5, 0.6) is 17.2 Å². The van der Waals surface area contributed by atoms with Crippen molar-refractivity contribution < 1.29 is 29.0 Å². The predicted octanol–water partition coefficient (Wildman–Crippen LogP) is 1.25. The third kappa shape index (κ3) is 2.84. The predicted molar refractivity (Wildman–Crippen MR) is 64.1 cm³/mol. The summed E-state index contributed by atoms with van der Waals surface area (Å²) in [7, 11) is 3.85. The number of carboxylic acids is 1. The monoisotopic (exact) mass is 271 g/mol. The lowest BCUT2D eigenvalue weighted by Gasteiger charge is -2.15. The number of carboxylic acid groups (broad SMARTS) is 1. The van der Waals surface area contributed by atoms with E-state index in [0.717, 1.165) is 6.07 Å². The number of methoxy groups -OCH3 is 3. The van der Waals surface area contributed by atoms with E-state index < -0.39 is 17.3 Å². The number of nitro benzene ring substituents is 1. The van der Waals surface area contributed by atoms with Crippen LogP contribution in [0.2, 0.25) is 0 Å². The molecule has 1 rings (SSSR count). The van der Waals surface area contributed by atoms with Gasteiger partial charge in [-0.2, -0.15) is 0 Å². The summed E-state index contributed by atoms with van der Waals surface area (Å²) < 4.78 is 15.0. The van der Waals surface area contributed by atoms with Gasteiger partial charge in [0.2, 0.25) is 11.5 Å². The first-order chi connectivity index (χ1) is 8.96. The third-order valence-corrected chi connectivity index (χ3v) is 2.40. The van der Waals surface area contributed by atoms with Gasteiger partial charge in [-0.15, -0.1) is 0 Å². The molecular formula is C11H13NO7. The van der Waals surface area contributed by atoms with Gasteiger partial charge in [0, 0.05) is 11.6 Å². The molecule has 8 heteroatoms. The van der Waals surface area contributed by atoms with Gasteiger partial charge < -0.3 is 19.3 Å². The molecule has 0 fully saturated rings. The molecule has 0 aromatic heterocycles. The first-order valence-electron chi connectivity index (χ1n) is 5.14. The average Bonchev–Trinajstić information content (AvgIpc) is 2.36. The molecule has 1 aromatic rings. The van der Waals surface area contributed by atoms with Crippen LogP contribution in [-0.4, -0.2) is 37.3 Å². The van der Waals surface area contributed by atoms with Crippen LogP contribution in [0.3, 0.4) is 0 Å². The second kappa shape index (κ2) is 5.89. The summed E-state index contributed by atoms with van der Waals surface area (Å²) in [6.07, 6.45) is -0.426. The molecule has 0 aliphatic heterocycles. The van der Waals surface area contributed by atoms with Crippen molar-refractivity contribution in [2.45, 2.75) is 6.42 Å². The molecule has 104 valence electrons. The van der Waals surface area contributed by atoms with Gasteiger partial charge >= 0.3 is 11.7 Å². The number of aliphatic carboxylic acids is 1. The Morgan fingerprint density at radius 1 is 1.21 bits per heavy atom. The molecule has 0 amide bonds. The van der Waals surface area contributed by atoms with E-state index in [2.05, 4.69) is 0 Å². The van der Waals surface area contributed by atoms with Crippen molar-refractivity contribution in [2.75, 3.05) is 21.3 Å². The number of benzene rings is 1. The van der Waals surface area contributed by atoms with E-state index in [-0.39, 0.29) is 28.5 Å². The minimum atomic E-state index is -1.14. The van der Waals surface area contributed by atoms with Crippen molar-refractivity contribution in [1.82, 2.24) is 0 Å². The van der Waals surface area contributed by atoms with E-state index in [9.17, 15) is 14.9 Å². The van der Waals surface area contributed by atoms with Gasteiger partial charge in [-0.25, -0.2) is 0 Å². The maximum atomic E-state index is 11.0. The van der Waals surface area contributed by atoms with E-state index in [1.54, 1.807) is 0 Å². The van der Waals surface area contributed by atoms with E-state index in [0.29, 0.717) is 0 Å². The summed E-state index contributed by atoms with van der Waals surface area (Å²) in [5, 5.41) is 19.8. The number of nitro groups is 1. The highest BCUT2D eigenvalue weighted by Crippen LogP contribution is 2.46. The highest BCUT2D eigenvalue weighted by Gasteiger charge is 2.28. The molecule has 0 saturated carbocycles. The standard InChI is InChI=1S/C11H13NO7/c1-17-9-6(5-8(13)14)4-7(12(15)16)10(18-2)11(9)19-3/h4H,5H2,1-3H3,(H,13,14). The molecule has 0 aliphatic carbocycles. The number of hydrogen-bond acceptors (Lipinski definition) is 6. The first kappa shape index (κ1) is 14.6. The van der Waals surface area contributed by atoms with Gasteiger partial charge in [0.05, 0.1) is 32.7 Å². The summed E-state index contributed by atoms with van der Waals surface area (Å²) >= 11 is 0. The molecule has 8 nitrogen and oxygen atoms in total. The van der Waals surface area contributed by atoms with Crippen molar-refractivity contribution in [2.24, 2.45) is 0 Å². The van der Waals surface area contributed by atoms with Crippen molar-refractivity contribution in [3.63, 3.8) is 0 Å². The molecule has 0 heterocycles. The molecule has 19 heavy (non-hydrogen) atoms. The van der Waals surface area contributed by atoms with Crippen LogP contribution in [0.25, 0.3) is 0 Å². The minimum absolute atomic E-state index is 0.00421. The molecule has 0 bridgehead atoms. The molecule has 0 spiro atoms. The van der Waals surface area contributed by atoms with Crippen LogP contribution in [0.15, 0.2) is 6.07 Å². The molecule has 0 radical (unpaired) electrons. The summed E-state index contributed by atoms with van der Waals surface area (Å²) in [5.74, 6) is -1.15. The highest BCUT2D eigenvalue weighted by atomic mass is 16.6. The van der Waals surface area contributed by atoms with E-state index >= 15 is 0 Å². The molecule has 1 aromatic carbocycles. The zero-order valence-corrected chi connectivity index (χ0v) is 10.6. The number of rotatable bonds is 6. The molecule has 0 atom stereocenters. The Balaban J connectivity index is 3.60. The maximum Gasteiger partial charge on any atom is 0.315 e. The smallest absolute Gasteiger partial charge is 0.315 e. The molecular weight excluding hydrogens is 258 g/mol. The Bertz CT molecular complexity index is 512. The van der Waals surface area contributed by atoms with Gasteiger partial charge in [-0.1, -0.05) is 0 Å². The lowest BCUT2D eigenvalue weighted by molar-refractivity contribution is -0.385. The maximum absolute atomic E-state index is 11.0. The zero-order valence-electron chi connectivity index (χ0n) is 10.6. The van der Waals surface area contributed by atoms with Crippen molar-refractivity contribution >= 4 is 11.7 Å². The summed E-state index contributed by atoms with van der Waals surface area (Å²) in [4.78, 5) is 21.1. The zero-order chi connectivity index (χ0) is 14.6. The van der Waals surface area contributed by atoms with Crippen LogP contribution < -0.4 is 14.2 Å². The van der Waals surface area contributed by atoms with E-state index in [1.165, 1.54) is 21.3 Å². The summed E-state index contributed by atoms with van der Waals surface area (Å²) in [6, 6.07) is 1.11. The Morgan fingerprint density at radius 3 is 2.11 bits per heavy atom. The largest absolute Gasteiger partial charge is 0.492 e. The Kier molecular flexibility index (Phi) is 4.51. The summed E-state index contributed by atoms with van der Waals surface area (Å²) in [6.45, 7) is 0. The van der Waals surface area contributed by atoms with E-state index in [1.807, 2.05) is 0 Å². The van der Waals surface area contributed by atoms with E-state index in [4.69, 9.17) is 19.3 Å². The fraction of sp³-hybridized carbons (Fsp3) is 0.364. The lowest BCUT2D eigenvalue weighted by atomic mass is 10.1. The Labute approximate surface area is 108 Å². The van der Waals surface area contributed by atoms with Crippen molar-refractivity contribution in [1.29, 1.82) is 0 Å². The normalized spacial score (nSPS) is 9.84. The van der Waals surface area contributed by atoms with Crippen LogP contribution in [0.4, 0.5) is 5.69 Å². The average molecular weight is 271 g/mol. The van der Waals surface area contributed by atoms with Gasteiger partial charge in [-0.3, -0.25) is 14.9 Å². The topological polar surface area (TPSA) is 108 Å². The first-order valence-corrected chi connectivity index (χ1v) is 5.14. The summed E-state index contributed by atoms with van der Waals surface area (Å²) in [5.41, 5.74) is -0.240. The number of ether oxygens (including phenoxy) is 3. The van der Waals surface area contributed by atoms with Crippen LogP contribution >= 0.6 is 0 Å². The fourth-order valence-corrected chi connectivity index (χ4v) is 1.70. The van der Waals surface area contributed by atoms with Gasteiger partial charge in [0.1, 0.15) is 0 Å². The minimum Gasteiger partial charge on any atom is -0.492 e. The second-order valence-corrected chi connectivity index (χ2v) is 3.48. The van der Waals surface area contributed by atoms with Crippen LogP contribution in [0.1, 0.15) is 5.56 Å². The number of hydrogen-bond donors (Lipinski definition) is 1. The van der Waals surface area contributed by atoms with Gasteiger partial charge in [-0.05, 0) is 0 Å². The Morgan fingerprint density at radius 2 is 1.74 bits per heavy atom. The van der Waals surface area contributed by atoms with Gasteiger partial charge in [0.15, 0.2) is 5.75 Å². The number of carbonyl (C=O) groups is 1. The number of nitrogens with zero attached hydrogens (tertiary/aromatic N) is 1. The Hall–Kier alpha value is -2.51. The molecule has 0 aliphatic rings. The molecule has 0 saturated heterocycles.